The second kappa shape index (κ2) is 19.0. The summed E-state index contributed by atoms with van der Waals surface area (Å²) >= 11 is 0. The van der Waals surface area contributed by atoms with Crippen molar-refractivity contribution in [3.63, 3.8) is 0 Å². The molecule has 8 heterocycles. The van der Waals surface area contributed by atoms with E-state index >= 15 is 0 Å². The molecule has 2 saturated carbocycles. The second-order valence-corrected chi connectivity index (χ2v) is 19.7. The Labute approximate surface area is 406 Å². The van der Waals surface area contributed by atoms with Crippen molar-refractivity contribution in [2.24, 2.45) is 0 Å². The van der Waals surface area contributed by atoms with Gasteiger partial charge in [-0.1, -0.05) is 0 Å². The molecule has 12 rings (SSSR count). The molecule has 0 radical (unpaired) electrons. The van der Waals surface area contributed by atoms with Crippen molar-refractivity contribution in [3.05, 3.63) is 60.9 Å². The number of nitrogens with one attached hydrogen (secondary N) is 4. The van der Waals surface area contributed by atoms with Gasteiger partial charge in [-0.3, -0.25) is 9.59 Å². The number of carbonyl (C=O) groups is 4. The van der Waals surface area contributed by atoms with Crippen LogP contribution in [0.1, 0.15) is 65.2 Å². The Morgan fingerprint density at radius 1 is 0.543 bits per heavy atom. The fourth-order valence-electron chi connectivity index (χ4n) is 10.2. The number of amides is 6. The Morgan fingerprint density at radius 2 is 0.929 bits per heavy atom. The van der Waals surface area contributed by atoms with Crippen LogP contribution < -0.4 is 40.9 Å². The van der Waals surface area contributed by atoms with E-state index in [1.165, 1.54) is 0 Å². The van der Waals surface area contributed by atoms with Crippen molar-refractivity contribution >= 4 is 58.3 Å². The minimum absolute atomic E-state index is 0.0350. The Bertz CT molecular complexity index is 2440. The molecule has 6 amide bonds. The summed E-state index contributed by atoms with van der Waals surface area (Å²) in [4.78, 5) is 78.7. The summed E-state index contributed by atoms with van der Waals surface area (Å²) in [7, 11) is 0. The minimum Gasteiger partial charge on any atom is -0.381 e. The van der Waals surface area contributed by atoms with Crippen molar-refractivity contribution in [1.82, 2.24) is 30.6 Å². The number of anilines is 6. The lowest BCUT2D eigenvalue weighted by Gasteiger charge is -2.52. The number of hydrogen-bond donors (Lipinski definition) is 4. The lowest BCUT2D eigenvalue weighted by molar-refractivity contribution is -0.129. The third kappa shape index (κ3) is 9.08. The van der Waals surface area contributed by atoms with Gasteiger partial charge in [-0.05, 0) is 114 Å². The summed E-state index contributed by atoms with van der Waals surface area (Å²) in [5.74, 6) is 2.75. The summed E-state index contributed by atoms with van der Waals surface area (Å²) < 4.78 is 22.6. The van der Waals surface area contributed by atoms with Crippen molar-refractivity contribution in [1.29, 1.82) is 0 Å². The number of rotatable bonds is 8. The normalized spacial score (nSPS) is 24.5. The van der Waals surface area contributed by atoms with Gasteiger partial charge in [-0.15, -0.1) is 0 Å². The first-order valence-corrected chi connectivity index (χ1v) is 24.7. The molecule has 20 heteroatoms. The molecule has 4 aromatic rings. The van der Waals surface area contributed by atoms with Gasteiger partial charge in [0.1, 0.15) is 22.5 Å². The Kier molecular flexibility index (Phi) is 12.5. The van der Waals surface area contributed by atoms with E-state index in [9.17, 15) is 19.2 Å². The zero-order chi connectivity index (χ0) is 48.0. The molecule has 368 valence electrons. The van der Waals surface area contributed by atoms with E-state index in [-0.39, 0.29) is 36.0 Å². The van der Waals surface area contributed by atoms with Gasteiger partial charge in [0.15, 0.2) is 23.3 Å². The van der Waals surface area contributed by atoms with Gasteiger partial charge in [0, 0.05) is 86.2 Å². The molecule has 20 nitrogen and oxygen atoms in total. The first-order valence-electron chi connectivity index (χ1n) is 24.7. The molecule has 6 aliphatic heterocycles. The zero-order valence-electron chi connectivity index (χ0n) is 39.7. The molecule has 2 aliphatic carbocycles. The average Bonchev–Trinajstić information content (AvgIpc) is 4.34. The molecule has 0 unspecified atom stereocenters. The topological polar surface area (TPSA) is 218 Å². The highest BCUT2D eigenvalue weighted by Gasteiger charge is 2.54. The SMILES string of the molecule is C[C@@]12COCCN1c1nc(-c3ccc(NC(=O)NC4CC4)cc3)ncc1N(C1CCOCC1)C2=O.C[C@]12COCCN1c1nc(-c3ccc(NC(=O)NC4CC4)cc3)ncc1N(C1CCOCC1)C2=O. The van der Waals surface area contributed by atoms with Crippen molar-refractivity contribution in [3.8, 4) is 22.8 Å². The van der Waals surface area contributed by atoms with Crippen LogP contribution in [-0.4, -0.2) is 145 Å². The smallest absolute Gasteiger partial charge is 0.319 e. The number of nitrogens with zero attached hydrogens (tertiary/aromatic N) is 8. The summed E-state index contributed by atoms with van der Waals surface area (Å²) in [5.41, 5.74) is 2.98. The number of urea groups is 2. The first kappa shape index (κ1) is 45.9. The maximum Gasteiger partial charge on any atom is 0.319 e. The maximum atomic E-state index is 13.8. The highest BCUT2D eigenvalue weighted by molar-refractivity contribution is 6.09. The predicted octanol–water partition coefficient (Wildman–Crippen LogP) is 5.10. The van der Waals surface area contributed by atoms with E-state index in [4.69, 9.17) is 28.9 Å². The molecule has 70 heavy (non-hydrogen) atoms. The van der Waals surface area contributed by atoms with Crippen LogP contribution in [0.15, 0.2) is 60.9 Å². The van der Waals surface area contributed by atoms with Crippen LogP contribution in [0.2, 0.25) is 0 Å². The Morgan fingerprint density at radius 3 is 1.30 bits per heavy atom. The van der Waals surface area contributed by atoms with Gasteiger partial charge < -0.3 is 59.8 Å². The number of morpholine rings is 2. The van der Waals surface area contributed by atoms with Gasteiger partial charge in [-0.2, -0.15) is 0 Å². The monoisotopic (exact) mass is 956 g/mol. The molecule has 8 aliphatic rings. The van der Waals surface area contributed by atoms with Crippen LogP contribution in [0.25, 0.3) is 22.8 Å². The zero-order valence-corrected chi connectivity index (χ0v) is 39.7. The van der Waals surface area contributed by atoms with Crippen LogP contribution in [0.5, 0.6) is 0 Å². The number of hydrogen-bond acceptors (Lipinski definition) is 14. The first-order chi connectivity index (χ1) is 34.1. The molecule has 4 N–H and O–H groups in total. The highest BCUT2D eigenvalue weighted by atomic mass is 16.5. The van der Waals surface area contributed by atoms with E-state index in [2.05, 4.69) is 41.0 Å². The highest BCUT2D eigenvalue weighted by Crippen LogP contribution is 2.45. The van der Waals surface area contributed by atoms with Crippen molar-refractivity contribution in [2.75, 3.05) is 96.2 Å². The molecule has 0 bridgehead atoms. The number of benzene rings is 2. The molecule has 0 spiro atoms. The van der Waals surface area contributed by atoms with E-state index < -0.39 is 11.1 Å². The predicted molar refractivity (Wildman–Crippen MR) is 261 cm³/mol. The Hall–Kier alpha value is -6.48. The Balaban J connectivity index is 0.000000152. The van der Waals surface area contributed by atoms with Gasteiger partial charge in [-0.25, -0.2) is 29.5 Å². The summed E-state index contributed by atoms with van der Waals surface area (Å²) in [5, 5.41) is 11.6. The molecule has 2 aromatic heterocycles. The quantitative estimate of drug-likeness (QED) is 0.181. The van der Waals surface area contributed by atoms with Crippen molar-refractivity contribution in [2.45, 2.75) is 100 Å². The molecule has 2 atom stereocenters. The van der Waals surface area contributed by atoms with E-state index in [0.29, 0.717) is 101 Å². The maximum absolute atomic E-state index is 13.8. The molecule has 2 aromatic carbocycles. The number of ether oxygens (including phenoxy) is 4. The second-order valence-electron chi connectivity index (χ2n) is 19.7. The van der Waals surface area contributed by atoms with E-state index in [1.807, 2.05) is 72.2 Å². The van der Waals surface area contributed by atoms with Gasteiger partial charge in [0.05, 0.1) is 38.8 Å². The number of aromatic nitrogens is 4. The summed E-state index contributed by atoms with van der Waals surface area (Å²) in [6.45, 7) is 9.36. The number of carbonyl (C=O) groups excluding carboxylic acids is 4. The fourth-order valence-corrected chi connectivity index (χ4v) is 10.2. The van der Waals surface area contributed by atoms with Crippen LogP contribution in [0, 0.1) is 0 Å². The fraction of sp³-hybridized carbons (Fsp3) is 0.520. The van der Waals surface area contributed by atoms with E-state index in [1.54, 1.807) is 12.4 Å². The van der Waals surface area contributed by atoms with Crippen LogP contribution >= 0.6 is 0 Å². The molecule has 4 saturated heterocycles. The van der Waals surface area contributed by atoms with Crippen LogP contribution in [-0.2, 0) is 28.5 Å². The molecule has 6 fully saturated rings. The van der Waals surface area contributed by atoms with E-state index in [0.717, 1.165) is 85.5 Å². The van der Waals surface area contributed by atoms with Gasteiger partial charge >= 0.3 is 12.1 Å². The lowest BCUT2D eigenvalue weighted by atomic mass is 9.91. The third-order valence-corrected chi connectivity index (χ3v) is 14.5. The van der Waals surface area contributed by atoms with Crippen LogP contribution in [0.3, 0.4) is 0 Å². The lowest BCUT2D eigenvalue weighted by Crippen LogP contribution is -2.69. The summed E-state index contributed by atoms with van der Waals surface area (Å²) in [6, 6.07) is 15.3. The standard InChI is InChI=1S/2C25H30N6O4/c2*1-25-15-35-13-10-30(25)22-20(31(23(25)32)19-8-11-34-12-9-19)14-26-21(29-22)16-2-4-17(5-3-16)27-24(33)28-18-6-7-18/h2*2-5,14,18-19H,6-13,15H2,1H3,(H2,27,28,33)/t2*25-/m10/s1. The minimum atomic E-state index is -0.808. The summed E-state index contributed by atoms with van der Waals surface area (Å²) in [6.07, 6.45) is 10.9. The molecular weight excluding hydrogens is 897 g/mol. The van der Waals surface area contributed by atoms with Crippen molar-refractivity contribution < 1.29 is 38.1 Å². The third-order valence-electron chi connectivity index (χ3n) is 14.5. The van der Waals surface area contributed by atoms with Gasteiger partial charge in [0.25, 0.3) is 11.8 Å². The largest absolute Gasteiger partial charge is 0.381 e. The van der Waals surface area contributed by atoms with Gasteiger partial charge in [0.2, 0.25) is 0 Å². The van der Waals surface area contributed by atoms with Crippen LogP contribution in [0.4, 0.5) is 44.0 Å². The average molecular weight is 957 g/mol. The molecular formula is C50H60N12O8. The number of fused-ring (bicyclic) bond motifs is 6.